The first kappa shape index (κ1) is 17.6. The quantitative estimate of drug-likeness (QED) is 0.852. The van der Waals surface area contributed by atoms with Crippen LogP contribution in [0.25, 0.3) is 0 Å². The van der Waals surface area contributed by atoms with Crippen molar-refractivity contribution in [3.8, 4) is 0 Å². The molecule has 6 nitrogen and oxygen atoms in total. The van der Waals surface area contributed by atoms with Gasteiger partial charge in [0, 0.05) is 51.0 Å². The molecule has 0 spiro atoms. The lowest BCUT2D eigenvalue weighted by Crippen LogP contribution is -2.46. The van der Waals surface area contributed by atoms with E-state index in [1.807, 2.05) is 17.0 Å². The van der Waals surface area contributed by atoms with Gasteiger partial charge in [-0.15, -0.1) is 0 Å². The first-order valence-electron chi connectivity index (χ1n) is 8.60. The van der Waals surface area contributed by atoms with E-state index in [4.69, 9.17) is 5.73 Å². The molecule has 0 aliphatic carbocycles. The predicted octanol–water partition coefficient (Wildman–Crippen LogP) is 1.15. The molecule has 0 radical (unpaired) electrons. The number of carbonyl (C=O) groups is 1. The van der Waals surface area contributed by atoms with Crippen molar-refractivity contribution >= 4 is 5.91 Å². The number of hydrogen-bond acceptors (Lipinski definition) is 4. The van der Waals surface area contributed by atoms with Crippen LogP contribution in [0.15, 0.2) is 36.8 Å². The zero-order valence-corrected chi connectivity index (χ0v) is 14.2. The van der Waals surface area contributed by atoms with Crippen molar-refractivity contribution in [3.63, 3.8) is 0 Å². The van der Waals surface area contributed by atoms with Crippen LogP contribution in [0.2, 0.25) is 0 Å². The second kappa shape index (κ2) is 8.22. The fourth-order valence-corrected chi connectivity index (χ4v) is 3.15. The highest BCUT2D eigenvalue weighted by Crippen LogP contribution is 2.11. The maximum absolute atomic E-state index is 13.0. The van der Waals surface area contributed by atoms with E-state index in [0.717, 1.165) is 43.9 Å². The normalized spacial score (nSPS) is 17.3. The minimum absolute atomic E-state index is 0.0155. The molecule has 2 heterocycles. The molecule has 1 aromatic heterocycles. The van der Waals surface area contributed by atoms with E-state index in [1.54, 1.807) is 12.5 Å². The highest BCUT2D eigenvalue weighted by atomic mass is 19.1. The summed E-state index contributed by atoms with van der Waals surface area (Å²) in [7, 11) is 0. The minimum atomic E-state index is -0.552. The van der Waals surface area contributed by atoms with Gasteiger partial charge in [-0.05, 0) is 24.1 Å². The fraction of sp³-hybridized carbons (Fsp3) is 0.444. The molecular weight excluding hydrogens is 321 g/mol. The molecule has 7 heteroatoms. The number of aromatic nitrogens is 2. The molecule has 1 aliphatic heterocycles. The van der Waals surface area contributed by atoms with Crippen LogP contribution in [0.3, 0.4) is 0 Å². The van der Waals surface area contributed by atoms with Gasteiger partial charge in [-0.3, -0.25) is 9.69 Å². The number of benzene rings is 1. The summed E-state index contributed by atoms with van der Waals surface area (Å²) < 4.78 is 13.0. The van der Waals surface area contributed by atoms with E-state index in [2.05, 4.69) is 14.9 Å². The van der Waals surface area contributed by atoms with Gasteiger partial charge < -0.3 is 15.6 Å². The van der Waals surface area contributed by atoms with Crippen LogP contribution in [-0.4, -0.2) is 57.9 Å². The molecule has 0 bridgehead atoms. The largest absolute Gasteiger partial charge is 0.348 e. The Morgan fingerprint density at radius 2 is 2.04 bits per heavy atom. The van der Waals surface area contributed by atoms with Crippen molar-refractivity contribution in [1.82, 2.24) is 19.8 Å². The van der Waals surface area contributed by atoms with Crippen molar-refractivity contribution in [2.45, 2.75) is 25.4 Å². The average Bonchev–Trinajstić information content (AvgIpc) is 3.01. The Kier molecular flexibility index (Phi) is 5.78. The van der Waals surface area contributed by atoms with E-state index in [9.17, 15) is 9.18 Å². The summed E-state index contributed by atoms with van der Waals surface area (Å²) in [6, 6.07) is 6.03. The van der Waals surface area contributed by atoms with Gasteiger partial charge in [0.05, 0.1) is 12.4 Å². The second-order valence-electron chi connectivity index (χ2n) is 6.47. The molecule has 3 rings (SSSR count). The molecule has 134 valence electrons. The van der Waals surface area contributed by atoms with E-state index >= 15 is 0 Å². The number of H-pyrrole nitrogens is 1. The Balaban J connectivity index is 1.52. The lowest BCUT2D eigenvalue weighted by molar-refractivity contribution is -0.132. The van der Waals surface area contributed by atoms with Crippen LogP contribution in [-0.2, 0) is 17.8 Å². The molecule has 0 saturated carbocycles. The molecule has 0 unspecified atom stereocenters. The third-order valence-corrected chi connectivity index (χ3v) is 4.53. The maximum Gasteiger partial charge on any atom is 0.239 e. The zero-order chi connectivity index (χ0) is 17.6. The number of hydrogen-bond donors (Lipinski definition) is 2. The van der Waals surface area contributed by atoms with Crippen molar-refractivity contribution in [1.29, 1.82) is 0 Å². The van der Waals surface area contributed by atoms with Gasteiger partial charge >= 0.3 is 0 Å². The summed E-state index contributed by atoms with van der Waals surface area (Å²) in [5, 5.41) is 0. The SMILES string of the molecule is N[C@@H](Cc1cnc[nH]1)C(=O)N1CCCN(Cc2ccc(F)cc2)CC1. The first-order chi connectivity index (χ1) is 12.1. The number of halogens is 1. The van der Waals surface area contributed by atoms with Crippen molar-refractivity contribution < 1.29 is 9.18 Å². The van der Waals surface area contributed by atoms with Gasteiger partial charge in [-0.1, -0.05) is 12.1 Å². The molecule has 1 aromatic carbocycles. The minimum Gasteiger partial charge on any atom is -0.348 e. The number of rotatable bonds is 5. The molecule has 1 atom stereocenters. The van der Waals surface area contributed by atoms with Crippen molar-refractivity contribution in [3.05, 3.63) is 53.9 Å². The Morgan fingerprint density at radius 1 is 1.24 bits per heavy atom. The smallest absolute Gasteiger partial charge is 0.239 e. The third kappa shape index (κ3) is 4.87. The number of nitrogens with zero attached hydrogens (tertiary/aromatic N) is 3. The summed E-state index contributed by atoms with van der Waals surface area (Å²) >= 11 is 0. The lowest BCUT2D eigenvalue weighted by Gasteiger charge is -2.24. The van der Waals surface area contributed by atoms with Crippen LogP contribution in [0.1, 0.15) is 17.7 Å². The monoisotopic (exact) mass is 345 g/mol. The highest BCUT2D eigenvalue weighted by molar-refractivity contribution is 5.82. The van der Waals surface area contributed by atoms with E-state index < -0.39 is 6.04 Å². The molecule has 25 heavy (non-hydrogen) atoms. The predicted molar refractivity (Wildman–Crippen MR) is 93.1 cm³/mol. The molecule has 1 saturated heterocycles. The number of nitrogens with two attached hydrogens (primary N) is 1. The fourth-order valence-electron chi connectivity index (χ4n) is 3.15. The Labute approximate surface area is 146 Å². The molecule has 1 aliphatic rings. The van der Waals surface area contributed by atoms with E-state index in [-0.39, 0.29) is 11.7 Å². The summed E-state index contributed by atoms with van der Waals surface area (Å²) in [6.45, 7) is 3.85. The molecular formula is C18H24FN5O. The van der Waals surface area contributed by atoms with Gasteiger partial charge in [0.15, 0.2) is 0 Å². The maximum atomic E-state index is 13.0. The number of aromatic amines is 1. The molecule has 3 N–H and O–H groups in total. The molecule has 1 fully saturated rings. The lowest BCUT2D eigenvalue weighted by atomic mass is 10.1. The topological polar surface area (TPSA) is 78.2 Å². The summed E-state index contributed by atoms with van der Waals surface area (Å²) in [5.41, 5.74) is 8.02. The van der Waals surface area contributed by atoms with Crippen molar-refractivity contribution in [2.24, 2.45) is 5.73 Å². The Morgan fingerprint density at radius 3 is 2.76 bits per heavy atom. The summed E-state index contributed by atoms with van der Waals surface area (Å²) in [5.74, 6) is -0.235. The van der Waals surface area contributed by atoms with Crippen LogP contribution >= 0.6 is 0 Å². The summed E-state index contributed by atoms with van der Waals surface area (Å²) in [4.78, 5) is 23.7. The second-order valence-corrected chi connectivity index (χ2v) is 6.47. The molecule has 2 aromatic rings. The average molecular weight is 345 g/mol. The van der Waals surface area contributed by atoms with Gasteiger partial charge in [-0.25, -0.2) is 9.37 Å². The van der Waals surface area contributed by atoms with Crippen LogP contribution < -0.4 is 5.73 Å². The van der Waals surface area contributed by atoms with Crippen LogP contribution in [0.4, 0.5) is 4.39 Å². The number of imidazole rings is 1. The van der Waals surface area contributed by atoms with Gasteiger partial charge in [-0.2, -0.15) is 0 Å². The third-order valence-electron chi connectivity index (χ3n) is 4.53. The highest BCUT2D eigenvalue weighted by Gasteiger charge is 2.24. The number of carbonyl (C=O) groups excluding carboxylic acids is 1. The Hall–Kier alpha value is -2.25. The van der Waals surface area contributed by atoms with E-state index in [0.29, 0.717) is 13.0 Å². The number of amides is 1. The Bertz CT molecular complexity index is 673. The van der Waals surface area contributed by atoms with Crippen molar-refractivity contribution in [2.75, 3.05) is 26.2 Å². The van der Waals surface area contributed by atoms with Gasteiger partial charge in [0.25, 0.3) is 0 Å². The summed E-state index contributed by atoms with van der Waals surface area (Å²) in [6.07, 6.45) is 4.66. The van der Waals surface area contributed by atoms with Crippen LogP contribution in [0, 0.1) is 5.82 Å². The molecule has 1 amide bonds. The van der Waals surface area contributed by atoms with Gasteiger partial charge in [0.1, 0.15) is 5.82 Å². The van der Waals surface area contributed by atoms with Gasteiger partial charge in [0.2, 0.25) is 5.91 Å². The number of nitrogens with one attached hydrogen (secondary N) is 1. The van der Waals surface area contributed by atoms with E-state index in [1.165, 1.54) is 12.1 Å². The standard InChI is InChI=1S/C18H24FN5O/c19-15-4-2-14(3-5-15)12-23-6-1-7-24(9-8-23)18(25)17(20)10-16-11-21-13-22-16/h2-5,11,13,17H,1,6-10,12,20H2,(H,21,22)/t17-/m0/s1. The van der Waals surface area contributed by atoms with Crippen LogP contribution in [0.5, 0.6) is 0 Å². The zero-order valence-electron chi connectivity index (χ0n) is 14.2. The first-order valence-corrected chi connectivity index (χ1v) is 8.60.